The number of thiophene rings is 1. The molecule has 0 saturated heterocycles. The molecule has 1 aromatic heterocycles. The van der Waals surface area contributed by atoms with Crippen LogP contribution in [0.2, 0.25) is 0 Å². The summed E-state index contributed by atoms with van der Waals surface area (Å²) >= 11 is 4.67. The molecule has 4 heteroatoms. The van der Waals surface area contributed by atoms with E-state index in [1.807, 2.05) is 6.07 Å². The van der Waals surface area contributed by atoms with Gasteiger partial charge in [-0.1, -0.05) is 19.9 Å². The van der Waals surface area contributed by atoms with Gasteiger partial charge in [-0.2, -0.15) is 0 Å². The average molecular weight is 299 g/mol. The third-order valence-corrected chi connectivity index (χ3v) is 4.76. The minimum absolute atomic E-state index is 0.371. The number of carboxylic acid groups (broad SMARTS) is 1. The van der Waals surface area contributed by atoms with Crippen LogP contribution in [0.3, 0.4) is 0 Å². The highest BCUT2D eigenvalue weighted by molar-refractivity contribution is 9.10. The zero-order valence-electron chi connectivity index (χ0n) is 8.95. The smallest absolute Gasteiger partial charge is 0.347 e. The number of hydrogen-bond donors (Lipinski definition) is 1. The molecule has 84 valence electrons. The van der Waals surface area contributed by atoms with E-state index in [2.05, 4.69) is 41.9 Å². The number of carboxylic acids is 1. The van der Waals surface area contributed by atoms with Gasteiger partial charge in [0.05, 0.1) is 4.47 Å². The van der Waals surface area contributed by atoms with Gasteiger partial charge in [-0.05, 0) is 39.5 Å². The van der Waals surface area contributed by atoms with E-state index in [1.165, 1.54) is 16.9 Å². The Labute approximate surface area is 106 Å². The van der Waals surface area contributed by atoms with Crippen molar-refractivity contribution in [2.45, 2.75) is 19.8 Å². The fourth-order valence-electron chi connectivity index (χ4n) is 1.58. The van der Waals surface area contributed by atoms with Gasteiger partial charge < -0.3 is 5.11 Å². The maximum absolute atomic E-state index is 11.0. The Bertz CT molecular complexity index is 557. The standard InChI is InChI=1S/C12H11BrO2S/c1-6(2)7-3-4-9-8(5-7)10(13)11(16-9)12(14)15/h3-6H,1-2H3,(H,14,15). The van der Waals surface area contributed by atoms with Crippen LogP contribution in [0.15, 0.2) is 22.7 Å². The van der Waals surface area contributed by atoms with Gasteiger partial charge >= 0.3 is 5.97 Å². The summed E-state index contributed by atoms with van der Waals surface area (Å²) in [6, 6.07) is 6.11. The van der Waals surface area contributed by atoms with Crippen molar-refractivity contribution in [3.05, 3.63) is 33.1 Å². The normalized spacial score (nSPS) is 11.2. The molecule has 0 aliphatic heterocycles. The van der Waals surface area contributed by atoms with Crippen LogP contribution in [0, 0.1) is 0 Å². The minimum Gasteiger partial charge on any atom is -0.477 e. The van der Waals surface area contributed by atoms with Crippen molar-refractivity contribution in [3.63, 3.8) is 0 Å². The summed E-state index contributed by atoms with van der Waals surface area (Å²) in [6.45, 7) is 4.25. The molecule has 2 rings (SSSR count). The van der Waals surface area contributed by atoms with Crippen molar-refractivity contribution in [3.8, 4) is 0 Å². The number of benzene rings is 1. The maximum Gasteiger partial charge on any atom is 0.347 e. The van der Waals surface area contributed by atoms with Crippen LogP contribution in [0.5, 0.6) is 0 Å². The lowest BCUT2D eigenvalue weighted by Crippen LogP contribution is -1.91. The van der Waals surface area contributed by atoms with Gasteiger partial charge in [-0.15, -0.1) is 11.3 Å². The molecule has 1 aromatic carbocycles. The first-order valence-electron chi connectivity index (χ1n) is 4.96. The van der Waals surface area contributed by atoms with Gasteiger partial charge in [0, 0.05) is 10.1 Å². The number of hydrogen-bond acceptors (Lipinski definition) is 2. The summed E-state index contributed by atoms with van der Waals surface area (Å²) in [5, 5.41) is 10.0. The van der Waals surface area contributed by atoms with Gasteiger partial charge in [-0.25, -0.2) is 4.79 Å². The van der Waals surface area contributed by atoms with Crippen molar-refractivity contribution in [2.24, 2.45) is 0 Å². The van der Waals surface area contributed by atoms with Gasteiger partial charge in [0.2, 0.25) is 0 Å². The Morgan fingerprint density at radius 2 is 2.12 bits per heavy atom. The van der Waals surface area contributed by atoms with Gasteiger partial charge in [0.25, 0.3) is 0 Å². The highest BCUT2D eigenvalue weighted by atomic mass is 79.9. The minimum atomic E-state index is -0.876. The van der Waals surface area contributed by atoms with Crippen LogP contribution >= 0.6 is 27.3 Å². The van der Waals surface area contributed by atoms with Crippen LogP contribution in [0.25, 0.3) is 10.1 Å². The molecule has 0 saturated carbocycles. The summed E-state index contributed by atoms with van der Waals surface area (Å²) in [6.07, 6.45) is 0. The summed E-state index contributed by atoms with van der Waals surface area (Å²) in [5.41, 5.74) is 1.22. The maximum atomic E-state index is 11.0. The number of halogens is 1. The van der Waals surface area contributed by atoms with Crippen LogP contribution in [-0.4, -0.2) is 11.1 Å². The summed E-state index contributed by atoms with van der Waals surface area (Å²) < 4.78 is 1.70. The molecule has 2 aromatic rings. The number of fused-ring (bicyclic) bond motifs is 1. The first-order valence-corrected chi connectivity index (χ1v) is 6.57. The van der Waals surface area contributed by atoms with Crippen molar-refractivity contribution in [1.29, 1.82) is 0 Å². The monoisotopic (exact) mass is 298 g/mol. The summed E-state index contributed by atoms with van der Waals surface area (Å²) in [7, 11) is 0. The van der Waals surface area contributed by atoms with E-state index in [1.54, 1.807) is 0 Å². The molecule has 0 aliphatic carbocycles. The van der Waals surface area contributed by atoms with E-state index in [9.17, 15) is 4.79 Å². The van der Waals surface area contributed by atoms with Crippen LogP contribution in [-0.2, 0) is 0 Å². The second kappa shape index (κ2) is 4.18. The van der Waals surface area contributed by atoms with E-state index in [0.29, 0.717) is 15.3 Å². The zero-order chi connectivity index (χ0) is 11.9. The molecule has 16 heavy (non-hydrogen) atoms. The van der Waals surface area contributed by atoms with Gasteiger partial charge in [0.1, 0.15) is 4.88 Å². The van der Waals surface area contributed by atoms with Crippen LogP contribution < -0.4 is 0 Å². The van der Waals surface area contributed by atoms with Gasteiger partial charge in [0.15, 0.2) is 0 Å². The van der Waals surface area contributed by atoms with Crippen molar-refractivity contribution < 1.29 is 9.90 Å². The van der Waals surface area contributed by atoms with Gasteiger partial charge in [-0.3, -0.25) is 0 Å². The largest absolute Gasteiger partial charge is 0.477 e. The fourth-order valence-corrected chi connectivity index (χ4v) is 3.37. The predicted molar refractivity (Wildman–Crippen MR) is 70.6 cm³/mol. The molecular weight excluding hydrogens is 288 g/mol. The third-order valence-electron chi connectivity index (χ3n) is 2.51. The van der Waals surface area contributed by atoms with E-state index in [4.69, 9.17) is 5.11 Å². The predicted octanol–water partition coefficient (Wildman–Crippen LogP) is 4.49. The molecule has 0 atom stereocenters. The Balaban J connectivity index is 2.69. The number of aromatic carboxylic acids is 1. The second-order valence-corrected chi connectivity index (χ2v) is 5.81. The summed E-state index contributed by atoms with van der Waals surface area (Å²) in [4.78, 5) is 11.4. The van der Waals surface area contributed by atoms with Crippen LogP contribution in [0.1, 0.15) is 35.0 Å². The van der Waals surface area contributed by atoms with Crippen molar-refractivity contribution in [2.75, 3.05) is 0 Å². The summed E-state index contributed by atoms with van der Waals surface area (Å²) in [5.74, 6) is -0.427. The van der Waals surface area contributed by atoms with E-state index >= 15 is 0 Å². The topological polar surface area (TPSA) is 37.3 Å². The Morgan fingerprint density at radius 1 is 1.44 bits per heavy atom. The van der Waals surface area contributed by atoms with Crippen molar-refractivity contribution >= 4 is 43.3 Å². The molecule has 0 aliphatic rings. The average Bonchev–Trinajstić information content (AvgIpc) is 2.56. The molecule has 0 fully saturated rings. The molecule has 0 amide bonds. The lowest BCUT2D eigenvalue weighted by molar-refractivity contribution is 0.0701. The first-order chi connectivity index (χ1) is 7.50. The zero-order valence-corrected chi connectivity index (χ0v) is 11.4. The van der Waals surface area contributed by atoms with Crippen LogP contribution in [0.4, 0.5) is 0 Å². The quantitative estimate of drug-likeness (QED) is 0.887. The fraction of sp³-hybridized carbons (Fsp3) is 0.250. The second-order valence-electron chi connectivity index (χ2n) is 3.96. The van der Waals surface area contributed by atoms with Crippen molar-refractivity contribution in [1.82, 2.24) is 0 Å². The first kappa shape index (κ1) is 11.6. The highest BCUT2D eigenvalue weighted by Crippen LogP contribution is 2.37. The Morgan fingerprint density at radius 3 is 2.69 bits per heavy atom. The Hall–Kier alpha value is -0.870. The van der Waals surface area contributed by atoms with E-state index in [0.717, 1.165) is 10.1 Å². The molecule has 0 bridgehead atoms. The molecule has 0 spiro atoms. The number of rotatable bonds is 2. The number of carbonyl (C=O) groups is 1. The Kier molecular flexibility index (Phi) is 3.04. The molecule has 1 N–H and O–H groups in total. The lowest BCUT2D eigenvalue weighted by Gasteiger charge is -2.04. The third kappa shape index (κ3) is 1.87. The SMILES string of the molecule is CC(C)c1ccc2sc(C(=O)O)c(Br)c2c1. The van der Waals surface area contributed by atoms with E-state index in [-0.39, 0.29) is 0 Å². The molecule has 1 heterocycles. The lowest BCUT2D eigenvalue weighted by atomic mass is 10.0. The molecular formula is C12H11BrO2S. The molecule has 2 nitrogen and oxygen atoms in total. The van der Waals surface area contributed by atoms with E-state index < -0.39 is 5.97 Å². The molecule has 0 unspecified atom stereocenters. The highest BCUT2D eigenvalue weighted by Gasteiger charge is 2.16. The molecule has 0 radical (unpaired) electrons.